The number of aromatic nitrogens is 2. The summed E-state index contributed by atoms with van der Waals surface area (Å²) in [6.07, 6.45) is 0.600. The molecule has 4 rings (SSSR count). The number of nitrogens with one attached hydrogen (secondary N) is 1. The summed E-state index contributed by atoms with van der Waals surface area (Å²) in [5.74, 6) is -0.0698. The molecule has 32 heavy (non-hydrogen) atoms. The number of carbonyl (C=O) groups is 1. The zero-order valence-corrected chi connectivity index (χ0v) is 19.7. The van der Waals surface area contributed by atoms with E-state index in [1.165, 1.54) is 39.5 Å². The molecule has 2 heterocycles. The summed E-state index contributed by atoms with van der Waals surface area (Å²) >= 11 is 2.66. The van der Waals surface area contributed by atoms with E-state index in [9.17, 15) is 17.6 Å². The molecule has 168 valence electrons. The first-order valence-corrected chi connectivity index (χ1v) is 13.4. The van der Waals surface area contributed by atoms with Gasteiger partial charge >= 0.3 is 0 Å². The van der Waals surface area contributed by atoms with E-state index < -0.39 is 10.0 Å². The van der Waals surface area contributed by atoms with Crippen molar-refractivity contribution in [2.45, 2.75) is 24.2 Å². The minimum atomic E-state index is -3.31. The minimum Gasteiger partial charge on any atom is -0.356 e. The van der Waals surface area contributed by atoms with Crippen LogP contribution in [0, 0.1) is 5.82 Å². The van der Waals surface area contributed by atoms with Crippen LogP contribution in [-0.4, -0.2) is 42.4 Å². The molecular formula is C21H21FN4O3S3. The van der Waals surface area contributed by atoms with Crippen LogP contribution >= 0.6 is 23.1 Å². The maximum absolute atomic E-state index is 13.0. The standard InChI is InChI=1S/C21H21FN4O3S3/c1-2-32(28,29)26-10-9-15-11-16(5-8-18(15)26)19(27)13-30-21-25-24-20(31-21)23-12-14-3-6-17(22)7-4-14/h3-8,11H,2,9-10,12-13H2,1H3,(H,23,24). The van der Waals surface area contributed by atoms with E-state index in [0.717, 1.165) is 11.1 Å². The molecule has 0 saturated heterocycles. The van der Waals surface area contributed by atoms with Crippen molar-refractivity contribution in [3.8, 4) is 0 Å². The van der Waals surface area contributed by atoms with Crippen LogP contribution in [-0.2, 0) is 23.0 Å². The van der Waals surface area contributed by atoms with Crippen molar-refractivity contribution in [3.05, 3.63) is 65.0 Å². The Labute approximate surface area is 194 Å². The first-order chi connectivity index (χ1) is 15.4. The number of hydrogen-bond acceptors (Lipinski definition) is 8. The van der Waals surface area contributed by atoms with Crippen molar-refractivity contribution in [1.29, 1.82) is 0 Å². The van der Waals surface area contributed by atoms with Gasteiger partial charge in [0, 0.05) is 18.7 Å². The minimum absolute atomic E-state index is 0.0480. The number of Topliss-reactive ketones (excluding diaryl/α,β-unsaturated/α-hetero) is 1. The van der Waals surface area contributed by atoms with Crippen molar-refractivity contribution >= 4 is 49.7 Å². The molecule has 0 aliphatic carbocycles. The lowest BCUT2D eigenvalue weighted by molar-refractivity contribution is 0.102. The molecule has 0 bridgehead atoms. The second-order valence-electron chi connectivity index (χ2n) is 7.13. The molecule has 0 fully saturated rings. The topological polar surface area (TPSA) is 92.3 Å². The maximum atomic E-state index is 13.0. The number of halogens is 1. The Balaban J connectivity index is 1.33. The van der Waals surface area contributed by atoms with Gasteiger partial charge in [-0.1, -0.05) is 35.2 Å². The van der Waals surface area contributed by atoms with Gasteiger partial charge in [0.1, 0.15) is 5.82 Å². The van der Waals surface area contributed by atoms with Gasteiger partial charge in [0.05, 0.1) is 17.2 Å². The third kappa shape index (κ3) is 5.11. The zero-order valence-electron chi connectivity index (χ0n) is 17.2. The van der Waals surface area contributed by atoms with Gasteiger partial charge in [0.25, 0.3) is 0 Å². The summed E-state index contributed by atoms with van der Waals surface area (Å²) in [5, 5.41) is 11.9. The molecule has 0 saturated carbocycles. The molecule has 0 amide bonds. The van der Waals surface area contributed by atoms with Gasteiger partial charge in [-0.2, -0.15) is 0 Å². The number of ketones is 1. The number of sulfonamides is 1. The highest BCUT2D eigenvalue weighted by molar-refractivity contribution is 8.01. The lowest BCUT2D eigenvalue weighted by atomic mass is 10.1. The monoisotopic (exact) mass is 492 g/mol. The van der Waals surface area contributed by atoms with Gasteiger partial charge in [-0.05, 0) is 54.8 Å². The summed E-state index contributed by atoms with van der Waals surface area (Å²) < 4.78 is 39.5. The van der Waals surface area contributed by atoms with E-state index in [4.69, 9.17) is 0 Å². The first kappa shape index (κ1) is 22.7. The van der Waals surface area contributed by atoms with Crippen LogP contribution in [0.25, 0.3) is 0 Å². The Kier molecular flexibility index (Phi) is 6.77. The van der Waals surface area contributed by atoms with Crippen molar-refractivity contribution in [2.24, 2.45) is 0 Å². The average Bonchev–Trinajstić information content (AvgIpc) is 3.44. The third-order valence-electron chi connectivity index (χ3n) is 5.05. The van der Waals surface area contributed by atoms with Gasteiger partial charge in [-0.15, -0.1) is 10.2 Å². The van der Waals surface area contributed by atoms with Crippen molar-refractivity contribution < 1.29 is 17.6 Å². The quantitative estimate of drug-likeness (QED) is 0.357. The maximum Gasteiger partial charge on any atom is 0.234 e. The highest BCUT2D eigenvalue weighted by Gasteiger charge is 2.28. The van der Waals surface area contributed by atoms with E-state index in [0.29, 0.717) is 40.2 Å². The summed E-state index contributed by atoms with van der Waals surface area (Å²) in [7, 11) is -3.31. The molecule has 1 aromatic heterocycles. The van der Waals surface area contributed by atoms with E-state index in [1.54, 1.807) is 37.3 Å². The van der Waals surface area contributed by atoms with Gasteiger partial charge in [-0.25, -0.2) is 12.8 Å². The van der Waals surface area contributed by atoms with Gasteiger partial charge in [0.15, 0.2) is 10.1 Å². The van der Waals surface area contributed by atoms with Crippen LogP contribution in [0.5, 0.6) is 0 Å². The fourth-order valence-electron chi connectivity index (χ4n) is 3.32. The molecule has 0 spiro atoms. The normalized spacial score (nSPS) is 13.2. The Hall–Kier alpha value is -2.50. The van der Waals surface area contributed by atoms with Crippen molar-refractivity contribution in [2.75, 3.05) is 27.7 Å². The number of carbonyl (C=O) groups excluding carboxylic acids is 1. The molecule has 11 heteroatoms. The first-order valence-electron chi connectivity index (χ1n) is 9.97. The molecule has 1 aliphatic rings. The summed E-state index contributed by atoms with van der Waals surface area (Å²) in [6, 6.07) is 11.4. The van der Waals surface area contributed by atoms with E-state index in [2.05, 4.69) is 15.5 Å². The fraction of sp³-hybridized carbons (Fsp3) is 0.286. The molecule has 2 aromatic carbocycles. The van der Waals surface area contributed by atoms with Crippen LogP contribution < -0.4 is 9.62 Å². The lowest BCUT2D eigenvalue weighted by Crippen LogP contribution is -2.30. The molecule has 0 radical (unpaired) electrons. The van der Waals surface area contributed by atoms with Crippen LogP contribution in [0.2, 0.25) is 0 Å². The molecular weight excluding hydrogens is 471 g/mol. The Morgan fingerprint density at radius 1 is 1.22 bits per heavy atom. The van der Waals surface area contributed by atoms with E-state index in [-0.39, 0.29) is 23.1 Å². The van der Waals surface area contributed by atoms with Crippen LogP contribution in [0.4, 0.5) is 15.2 Å². The van der Waals surface area contributed by atoms with Gasteiger partial charge < -0.3 is 5.32 Å². The van der Waals surface area contributed by atoms with E-state index in [1.807, 2.05) is 0 Å². The van der Waals surface area contributed by atoms with Crippen LogP contribution in [0.3, 0.4) is 0 Å². The number of rotatable bonds is 9. The third-order valence-corrected chi connectivity index (χ3v) is 8.84. The molecule has 1 aliphatic heterocycles. The van der Waals surface area contributed by atoms with Crippen molar-refractivity contribution in [1.82, 2.24) is 10.2 Å². The summed E-state index contributed by atoms with van der Waals surface area (Å²) in [5.41, 5.74) is 3.03. The number of nitrogens with zero attached hydrogens (tertiary/aromatic N) is 3. The van der Waals surface area contributed by atoms with Crippen LogP contribution in [0.1, 0.15) is 28.4 Å². The van der Waals surface area contributed by atoms with Crippen molar-refractivity contribution in [3.63, 3.8) is 0 Å². The lowest BCUT2D eigenvalue weighted by Gasteiger charge is -2.18. The fourth-order valence-corrected chi connectivity index (χ4v) is 6.12. The predicted molar refractivity (Wildman–Crippen MR) is 126 cm³/mol. The Morgan fingerprint density at radius 2 is 2.00 bits per heavy atom. The molecule has 0 atom stereocenters. The number of fused-ring (bicyclic) bond motifs is 1. The largest absolute Gasteiger partial charge is 0.356 e. The molecule has 3 aromatic rings. The molecule has 1 N–H and O–H groups in total. The van der Waals surface area contributed by atoms with E-state index >= 15 is 0 Å². The molecule has 0 unspecified atom stereocenters. The number of hydrogen-bond donors (Lipinski definition) is 1. The SMILES string of the molecule is CCS(=O)(=O)N1CCc2cc(C(=O)CSc3nnc(NCc4ccc(F)cc4)s3)ccc21. The Morgan fingerprint density at radius 3 is 2.75 bits per heavy atom. The zero-order chi connectivity index (χ0) is 22.7. The predicted octanol–water partition coefficient (Wildman–Crippen LogP) is 3.98. The highest BCUT2D eigenvalue weighted by Crippen LogP contribution is 2.32. The number of benzene rings is 2. The number of anilines is 2. The van der Waals surface area contributed by atoms with Gasteiger partial charge in [0.2, 0.25) is 15.2 Å². The van der Waals surface area contributed by atoms with Gasteiger partial charge in [-0.3, -0.25) is 9.10 Å². The van der Waals surface area contributed by atoms with Crippen LogP contribution in [0.15, 0.2) is 46.8 Å². The summed E-state index contributed by atoms with van der Waals surface area (Å²) in [6.45, 7) is 2.54. The average molecular weight is 493 g/mol. The second-order valence-corrected chi connectivity index (χ2v) is 11.5. The number of thioether (sulfide) groups is 1. The molecule has 7 nitrogen and oxygen atoms in total. The second kappa shape index (κ2) is 9.55. The summed E-state index contributed by atoms with van der Waals surface area (Å²) in [4.78, 5) is 12.7. The smallest absolute Gasteiger partial charge is 0.234 e. The Bertz CT molecular complexity index is 1230. The highest BCUT2D eigenvalue weighted by atomic mass is 32.2.